The van der Waals surface area contributed by atoms with Crippen molar-refractivity contribution in [2.45, 2.75) is 44.7 Å². The summed E-state index contributed by atoms with van der Waals surface area (Å²) in [6.07, 6.45) is 5.36. The van der Waals surface area contributed by atoms with Gasteiger partial charge in [0.1, 0.15) is 0 Å². The quantitative estimate of drug-likeness (QED) is 0.677. The number of methoxy groups -OCH3 is 1. The maximum absolute atomic E-state index is 5.28. The first-order valence-electron chi connectivity index (χ1n) is 4.97. The molecule has 0 amide bonds. The summed E-state index contributed by atoms with van der Waals surface area (Å²) in [6.45, 7) is 3.30. The van der Waals surface area contributed by atoms with Gasteiger partial charge < -0.3 is 10.1 Å². The van der Waals surface area contributed by atoms with Crippen LogP contribution in [0.1, 0.15) is 32.6 Å². The molecule has 0 aromatic rings. The predicted molar refractivity (Wildman–Crippen MR) is 49.2 cm³/mol. The molecule has 12 heavy (non-hydrogen) atoms. The Bertz CT molecular complexity index is 157. The van der Waals surface area contributed by atoms with Crippen molar-refractivity contribution in [2.75, 3.05) is 13.7 Å². The van der Waals surface area contributed by atoms with Gasteiger partial charge in [0, 0.05) is 19.2 Å². The summed E-state index contributed by atoms with van der Waals surface area (Å²) in [5.74, 6) is 0. The van der Waals surface area contributed by atoms with Gasteiger partial charge in [0.15, 0.2) is 0 Å². The van der Waals surface area contributed by atoms with E-state index >= 15 is 0 Å². The second kappa shape index (κ2) is 3.00. The highest BCUT2D eigenvalue weighted by molar-refractivity contribution is 4.97. The molecule has 0 saturated carbocycles. The van der Waals surface area contributed by atoms with Crippen LogP contribution in [0.2, 0.25) is 0 Å². The van der Waals surface area contributed by atoms with Gasteiger partial charge >= 0.3 is 0 Å². The molecule has 2 aliphatic heterocycles. The molecule has 1 N–H and O–H groups in total. The fourth-order valence-corrected chi connectivity index (χ4v) is 2.96. The monoisotopic (exact) mass is 169 g/mol. The van der Waals surface area contributed by atoms with Gasteiger partial charge in [0.05, 0.1) is 6.61 Å². The number of rotatable bonds is 2. The fraction of sp³-hybridized carbons (Fsp3) is 1.00. The van der Waals surface area contributed by atoms with E-state index in [0.717, 1.165) is 18.7 Å². The first kappa shape index (κ1) is 8.52. The van der Waals surface area contributed by atoms with Gasteiger partial charge in [-0.05, 0) is 31.1 Å². The van der Waals surface area contributed by atoms with Crippen molar-refractivity contribution in [2.24, 2.45) is 5.41 Å². The zero-order chi connectivity index (χ0) is 8.60. The van der Waals surface area contributed by atoms with Crippen molar-refractivity contribution in [3.8, 4) is 0 Å². The van der Waals surface area contributed by atoms with Crippen LogP contribution in [0.3, 0.4) is 0 Å². The van der Waals surface area contributed by atoms with Crippen LogP contribution >= 0.6 is 0 Å². The summed E-state index contributed by atoms with van der Waals surface area (Å²) in [5.41, 5.74) is 0.450. The van der Waals surface area contributed by atoms with E-state index in [1.54, 1.807) is 0 Å². The minimum absolute atomic E-state index is 0.450. The molecule has 2 saturated heterocycles. The summed E-state index contributed by atoms with van der Waals surface area (Å²) in [7, 11) is 1.81. The molecule has 2 aliphatic rings. The molecular formula is C10H19NO. The fourth-order valence-electron chi connectivity index (χ4n) is 2.96. The van der Waals surface area contributed by atoms with Crippen molar-refractivity contribution >= 4 is 0 Å². The number of hydrogen-bond donors (Lipinski definition) is 1. The van der Waals surface area contributed by atoms with Crippen LogP contribution in [0, 0.1) is 5.41 Å². The van der Waals surface area contributed by atoms with Crippen LogP contribution < -0.4 is 5.32 Å². The summed E-state index contributed by atoms with van der Waals surface area (Å²) in [6, 6.07) is 1.56. The third kappa shape index (κ3) is 1.50. The lowest BCUT2D eigenvalue weighted by Gasteiger charge is -2.37. The number of fused-ring (bicyclic) bond motifs is 2. The average Bonchev–Trinajstić information content (AvgIpc) is 2.31. The van der Waals surface area contributed by atoms with Crippen LogP contribution in [0.25, 0.3) is 0 Å². The van der Waals surface area contributed by atoms with Gasteiger partial charge in [0.25, 0.3) is 0 Å². The molecule has 0 aromatic carbocycles. The SMILES string of the molecule is COCC1(C)CC2CCC(C1)N2. The Hall–Kier alpha value is -0.0800. The van der Waals surface area contributed by atoms with E-state index in [9.17, 15) is 0 Å². The standard InChI is InChI=1S/C10H19NO/c1-10(7-12-2)5-8-3-4-9(6-10)11-8/h8-9,11H,3-7H2,1-2H3. The van der Waals surface area contributed by atoms with Crippen LogP contribution in [-0.2, 0) is 4.74 Å². The summed E-state index contributed by atoms with van der Waals surface area (Å²) < 4.78 is 5.28. The highest BCUT2D eigenvalue weighted by Crippen LogP contribution is 2.39. The van der Waals surface area contributed by atoms with Crippen molar-refractivity contribution in [1.82, 2.24) is 5.32 Å². The second-order valence-corrected chi connectivity index (χ2v) is 4.79. The predicted octanol–water partition coefficient (Wildman–Crippen LogP) is 1.55. The molecule has 0 aromatic heterocycles. The number of nitrogens with one attached hydrogen (secondary N) is 1. The minimum atomic E-state index is 0.450. The average molecular weight is 169 g/mol. The zero-order valence-electron chi connectivity index (χ0n) is 8.10. The Kier molecular flexibility index (Phi) is 2.13. The van der Waals surface area contributed by atoms with Gasteiger partial charge in [-0.15, -0.1) is 0 Å². The van der Waals surface area contributed by atoms with Gasteiger partial charge in [-0.3, -0.25) is 0 Å². The molecule has 2 nitrogen and oxygen atoms in total. The van der Waals surface area contributed by atoms with Crippen molar-refractivity contribution in [3.05, 3.63) is 0 Å². The third-order valence-electron chi connectivity index (χ3n) is 3.31. The Balaban J connectivity index is 2.00. The smallest absolute Gasteiger partial charge is 0.0517 e. The Morgan fingerprint density at radius 2 is 1.92 bits per heavy atom. The van der Waals surface area contributed by atoms with Crippen molar-refractivity contribution in [3.63, 3.8) is 0 Å². The summed E-state index contributed by atoms with van der Waals surface area (Å²) in [5, 5.41) is 3.65. The molecule has 2 heteroatoms. The maximum Gasteiger partial charge on any atom is 0.0517 e. The Labute approximate surface area is 74.7 Å². The van der Waals surface area contributed by atoms with E-state index in [-0.39, 0.29) is 0 Å². The van der Waals surface area contributed by atoms with Crippen molar-refractivity contribution in [1.29, 1.82) is 0 Å². The van der Waals surface area contributed by atoms with E-state index < -0.39 is 0 Å². The number of ether oxygens (including phenoxy) is 1. The molecule has 0 spiro atoms. The van der Waals surface area contributed by atoms with E-state index in [1.165, 1.54) is 25.7 Å². The van der Waals surface area contributed by atoms with Gasteiger partial charge in [-0.25, -0.2) is 0 Å². The minimum Gasteiger partial charge on any atom is -0.384 e. The largest absolute Gasteiger partial charge is 0.384 e. The molecule has 2 fully saturated rings. The molecule has 0 aliphatic carbocycles. The van der Waals surface area contributed by atoms with Crippen molar-refractivity contribution < 1.29 is 4.74 Å². The van der Waals surface area contributed by atoms with Crippen LogP contribution in [-0.4, -0.2) is 25.8 Å². The van der Waals surface area contributed by atoms with Gasteiger partial charge in [0.2, 0.25) is 0 Å². The molecule has 70 valence electrons. The zero-order valence-corrected chi connectivity index (χ0v) is 8.10. The lowest BCUT2D eigenvalue weighted by Crippen LogP contribution is -2.44. The molecule has 2 heterocycles. The van der Waals surface area contributed by atoms with E-state index in [0.29, 0.717) is 5.41 Å². The second-order valence-electron chi connectivity index (χ2n) is 4.79. The van der Waals surface area contributed by atoms with Crippen LogP contribution in [0.15, 0.2) is 0 Å². The van der Waals surface area contributed by atoms with E-state index in [2.05, 4.69) is 12.2 Å². The highest BCUT2D eigenvalue weighted by Gasteiger charge is 2.40. The van der Waals surface area contributed by atoms with Crippen LogP contribution in [0.5, 0.6) is 0 Å². The normalized spacial score (nSPS) is 46.5. The summed E-state index contributed by atoms with van der Waals surface area (Å²) in [4.78, 5) is 0. The first-order chi connectivity index (χ1) is 5.72. The molecule has 2 unspecified atom stereocenters. The molecule has 2 bridgehead atoms. The lowest BCUT2D eigenvalue weighted by atomic mass is 9.78. The number of piperidine rings is 1. The molecule has 0 radical (unpaired) electrons. The van der Waals surface area contributed by atoms with Gasteiger partial charge in [-0.1, -0.05) is 6.92 Å². The highest BCUT2D eigenvalue weighted by atomic mass is 16.5. The molecular weight excluding hydrogens is 150 g/mol. The van der Waals surface area contributed by atoms with E-state index in [4.69, 9.17) is 4.74 Å². The number of hydrogen-bond acceptors (Lipinski definition) is 2. The van der Waals surface area contributed by atoms with Gasteiger partial charge in [-0.2, -0.15) is 0 Å². The summed E-state index contributed by atoms with van der Waals surface area (Å²) >= 11 is 0. The third-order valence-corrected chi connectivity index (χ3v) is 3.31. The lowest BCUT2D eigenvalue weighted by molar-refractivity contribution is 0.0525. The molecule has 2 rings (SSSR count). The Morgan fingerprint density at radius 3 is 2.42 bits per heavy atom. The van der Waals surface area contributed by atoms with E-state index in [1.807, 2.05) is 7.11 Å². The van der Waals surface area contributed by atoms with Crippen LogP contribution in [0.4, 0.5) is 0 Å². The Morgan fingerprint density at radius 1 is 1.33 bits per heavy atom. The first-order valence-corrected chi connectivity index (χ1v) is 4.97. The topological polar surface area (TPSA) is 21.3 Å². The maximum atomic E-state index is 5.28. The molecule has 2 atom stereocenters.